The molecule has 1 aromatic carbocycles. The van der Waals surface area contributed by atoms with Gasteiger partial charge in [0, 0.05) is 19.2 Å². The first-order chi connectivity index (χ1) is 7.22. The Hall–Kier alpha value is -1.77. The molecule has 2 rings (SSSR count). The molecule has 78 valence electrons. The first kappa shape index (κ1) is 9.77. The third kappa shape index (κ3) is 1.73. The van der Waals surface area contributed by atoms with Gasteiger partial charge in [-0.05, 0) is 24.6 Å². The molecule has 0 saturated carbocycles. The van der Waals surface area contributed by atoms with E-state index >= 15 is 0 Å². The van der Waals surface area contributed by atoms with Crippen molar-refractivity contribution in [3.05, 3.63) is 42.6 Å². The SMILES string of the molecule is C=CN1C(=O)CCN1c1cccc(C)c1. The van der Waals surface area contributed by atoms with Crippen molar-refractivity contribution < 1.29 is 4.79 Å². The summed E-state index contributed by atoms with van der Waals surface area (Å²) in [5.74, 6) is 0.103. The Bertz CT molecular complexity index is 400. The van der Waals surface area contributed by atoms with Crippen LogP contribution in [0.2, 0.25) is 0 Å². The third-order valence-electron chi connectivity index (χ3n) is 2.53. The minimum absolute atomic E-state index is 0.103. The van der Waals surface area contributed by atoms with Crippen molar-refractivity contribution in [2.24, 2.45) is 0 Å². The van der Waals surface area contributed by atoms with E-state index in [1.807, 2.05) is 30.1 Å². The van der Waals surface area contributed by atoms with Gasteiger partial charge in [-0.1, -0.05) is 18.7 Å². The smallest absolute Gasteiger partial charge is 0.247 e. The average molecular weight is 202 g/mol. The summed E-state index contributed by atoms with van der Waals surface area (Å²) >= 11 is 0. The normalized spacial score (nSPS) is 15.9. The monoisotopic (exact) mass is 202 g/mol. The molecular weight excluding hydrogens is 188 g/mol. The topological polar surface area (TPSA) is 23.6 Å². The van der Waals surface area contributed by atoms with Crippen LogP contribution in [-0.2, 0) is 4.79 Å². The number of benzene rings is 1. The zero-order chi connectivity index (χ0) is 10.8. The molecule has 15 heavy (non-hydrogen) atoms. The maximum Gasteiger partial charge on any atom is 0.247 e. The Morgan fingerprint density at radius 3 is 2.93 bits per heavy atom. The number of rotatable bonds is 2. The molecule has 1 aromatic rings. The number of amides is 1. The van der Waals surface area contributed by atoms with Crippen molar-refractivity contribution >= 4 is 11.6 Å². The van der Waals surface area contributed by atoms with Gasteiger partial charge in [-0.2, -0.15) is 0 Å². The van der Waals surface area contributed by atoms with Crippen LogP contribution in [0.4, 0.5) is 5.69 Å². The Morgan fingerprint density at radius 1 is 1.47 bits per heavy atom. The summed E-state index contributed by atoms with van der Waals surface area (Å²) in [6.45, 7) is 6.43. The van der Waals surface area contributed by atoms with Gasteiger partial charge in [0.15, 0.2) is 0 Å². The first-order valence-corrected chi connectivity index (χ1v) is 5.01. The number of carbonyl (C=O) groups is 1. The minimum Gasteiger partial charge on any atom is -0.278 e. The highest BCUT2D eigenvalue weighted by Crippen LogP contribution is 2.23. The van der Waals surface area contributed by atoms with Crippen LogP contribution in [0.5, 0.6) is 0 Å². The van der Waals surface area contributed by atoms with Crippen molar-refractivity contribution in [1.29, 1.82) is 0 Å². The van der Waals surface area contributed by atoms with E-state index in [1.165, 1.54) is 5.56 Å². The number of carbonyl (C=O) groups excluding carboxylic acids is 1. The van der Waals surface area contributed by atoms with Gasteiger partial charge >= 0.3 is 0 Å². The van der Waals surface area contributed by atoms with E-state index in [0.29, 0.717) is 6.42 Å². The van der Waals surface area contributed by atoms with Gasteiger partial charge in [0.25, 0.3) is 0 Å². The van der Waals surface area contributed by atoms with Crippen LogP contribution in [0.25, 0.3) is 0 Å². The molecule has 0 aromatic heterocycles. The maximum atomic E-state index is 11.5. The molecule has 1 amide bonds. The number of hydrogen-bond acceptors (Lipinski definition) is 2. The minimum atomic E-state index is 0.103. The summed E-state index contributed by atoms with van der Waals surface area (Å²) in [4.78, 5) is 11.5. The average Bonchev–Trinajstić information content (AvgIpc) is 2.59. The van der Waals surface area contributed by atoms with Gasteiger partial charge in [0.2, 0.25) is 5.91 Å². The zero-order valence-corrected chi connectivity index (χ0v) is 8.81. The number of hydrazine groups is 1. The summed E-state index contributed by atoms with van der Waals surface area (Å²) in [5.41, 5.74) is 2.23. The molecule has 3 nitrogen and oxygen atoms in total. The maximum absolute atomic E-state index is 11.5. The third-order valence-corrected chi connectivity index (χ3v) is 2.53. The summed E-state index contributed by atoms with van der Waals surface area (Å²) in [5, 5.41) is 3.52. The molecule has 1 aliphatic heterocycles. The van der Waals surface area contributed by atoms with Crippen molar-refractivity contribution in [3.8, 4) is 0 Å². The number of nitrogens with zero attached hydrogens (tertiary/aromatic N) is 2. The quantitative estimate of drug-likeness (QED) is 0.733. The summed E-state index contributed by atoms with van der Waals surface area (Å²) in [6, 6.07) is 8.10. The van der Waals surface area contributed by atoms with E-state index < -0.39 is 0 Å². The fraction of sp³-hybridized carbons (Fsp3) is 0.250. The Kier molecular flexibility index (Phi) is 2.46. The lowest BCUT2D eigenvalue weighted by atomic mass is 10.2. The zero-order valence-electron chi connectivity index (χ0n) is 8.81. The lowest BCUT2D eigenvalue weighted by Gasteiger charge is -2.26. The highest BCUT2D eigenvalue weighted by atomic mass is 16.2. The van der Waals surface area contributed by atoms with Gasteiger partial charge in [0.1, 0.15) is 0 Å². The summed E-state index contributed by atoms with van der Waals surface area (Å²) in [6.07, 6.45) is 2.12. The van der Waals surface area contributed by atoms with Gasteiger partial charge in [0.05, 0.1) is 5.69 Å². The number of hydrogen-bond donors (Lipinski definition) is 0. The highest BCUT2D eigenvalue weighted by Gasteiger charge is 2.26. The highest BCUT2D eigenvalue weighted by molar-refractivity contribution is 5.82. The van der Waals surface area contributed by atoms with E-state index in [9.17, 15) is 4.79 Å². The molecule has 0 radical (unpaired) electrons. The predicted molar refractivity (Wildman–Crippen MR) is 60.2 cm³/mol. The lowest BCUT2D eigenvalue weighted by molar-refractivity contribution is -0.125. The molecule has 1 heterocycles. The van der Waals surface area contributed by atoms with Crippen LogP contribution in [0.1, 0.15) is 12.0 Å². The van der Waals surface area contributed by atoms with E-state index in [0.717, 1.165) is 12.2 Å². The molecule has 0 unspecified atom stereocenters. The molecule has 0 N–H and O–H groups in total. The van der Waals surface area contributed by atoms with Crippen LogP contribution < -0.4 is 5.01 Å². The van der Waals surface area contributed by atoms with Crippen molar-refractivity contribution in [3.63, 3.8) is 0 Å². The van der Waals surface area contributed by atoms with E-state index in [2.05, 4.69) is 12.6 Å². The van der Waals surface area contributed by atoms with Crippen LogP contribution in [0.3, 0.4) is 0 Å². The van der Waals surface area contributed by atoms with Crippen molar-refractivity contribution in [2.75, 3.05) is 11.6 Å². The molecule has 0 atom stereocenters. The van der Waals surface area contributed by atoms with E-state index in [1.54, 1.807) is 11.2 Å². The lowest BCUT2D eigenvalue weighted by Crippen LogP contribution is -2.34. The fourth-order valence-electron chi connectivity index (χ4n) is 1.80. The van der Waals surface area contributed by atoms with Crippen LogP contribution in [0, 0.1) is 6.92 Å². The molecule has 3 heteroatoms. The standard InChI is InChI=1S/C12H14N2O/c1-3-13-12(15)7-8-14(13)11-6-4-5-10(2)9-11/h3-6,9H,1,7-8H2,2H3. The largest absolute Gasteiger partial charge is 0.278 e. The molecule has 1 saturated heterocycles. The van der Waals surface area contributed by atoms with Gasteiger partial charge in [-0.25, -0.2) is 5.01 Å². The molecule has 1 aliphatic rings. The molecule has 0 bridgehead atoms. The summed E-state index contributed by atoms with van der Waals surface area (Å²) < 4.78 is 0. The van der Waals surface area contributed by atoms with Crippen molar-refractivity contribution in [2.45, 2.75) is 13.3 Å². The molecule has 1 fully saturated rings. The predicted octanol–water partition coefficient (Wildman–Crippen LogP) is 2.09. The van der Waals surface area contributed by atoms with Gasteiger partial charge in [-0.15, -0.1) is 0 Å². The Labute approximate surface area is 89.6 Å². The molecular formula is C12H14N2O. The van der Waals surface area contributed by atoms with Crippen LogP contribution >= 0.6 is 0 Å². The summed E-state index contributed by atoms with van der Waals surface area (Å²) in [7, 11) is 0. The Balaban J connectivity index is 2.31. The molecule has 0 spiro atoms. The van der Waals surface area contributed by atoms with E-state index in [4.69, 9.17) is 0 Å². The molecule has 0 aliphatic carbocycles. The van der Waals surface area contributed by atoms with Gasteiger partial charge in [-0.3, -0.25) is 9.80 Å². The van der Waals surface area contributed by atoms with Crippen molar-refractivity contribution in [1.82, 2.24) is 5.01 Å². The second-order valence-corrected chi connectivity index (χ2v) is 3.63. The number of anilines is 1. The van der Waals surface area contributed by atoms with Gasteiger partial charge < -0.3 is 0 Å². The number of aryl methyl sites for hydroxylation is 1. The second-order valence-electron chi connectivity index (χ2n) is 3.63. The Morgan fingerprint density at radius 2 is 2.27 bits per heavy atom. The van der Waals surface area contributed by atoms with E-state index in [-0.39, 0.29) is 5.91 Å². The first-order valence-electron chi connectivity index (χ1n) is 5.01. The van der Waals surface area contributed by atoms with Crippen LogP contribution in [0.15, 0.2) is 37.0 Å². The second kappa shape index (κ2) is 3.77. The van der Waals surface area contributed by atoms with Crippen LogP contribution in [-0.4, -0.2) is 17.5 Å². The fourth-order valence-corrected chi connectivity index (χ4v) is 1.80.